The van der Waals surface area contributed by atoms with E-state index >= 15 is 0 Å². The molecule has 0 saturated carbocycles. The first kappa shape index (κ1) is 17.8. The summed E-state index contributed by atoms with van der Waals surface area (Å²) in [5.41, 5.74) is -3.59. The average Bonchev–Trinajstić information content (AvgIpc) is 2.36. The Morgan fingerprint density at radius 2 is 1.62 bits per heavy atom. The van der Waals surface area contributed by atoms with Crippen LogP contribution in [0, 0.1) is 0 Å². The second kappa shape index (κ2) is 6.68. The maximum absolute atomic E-state index is 12.8. The molecule has 0 spiro atoms. The van der Waals surface area contributed by atoms with Gasteiger partial charge in [0.15, 0.2) is 5.78 Å². The number of rotatable bonds is 5. The highest BCUT2D eigenvalue weighted by Crippen LogP contribution is 2.37. The standard InChI is InChI=1S/C13H11ClF6O/c14-6-2-1-3-11(21)9-7-8(12(15,16)17)4-5-10(9)13(18,19)20/h4-5,7H,1-3,6H2. The molecule has 0 aromatic heterocycles. The first-order valence-corrected chi connectivity index (χ1v) is 6.48. The second-order valence-corrected chi connectivity index (χ2v) is 4.70. The van der Waals surface area contributed by atoms with Crippen molar-refractivity contribution in [3.63, 3.8) is 0 Å². The van der Waals surface area contributed by atoms with Crippen LogP contribution in [-0.4, -0.2) is 11.7 Å². The van der Waals surface area contributed by atoms with Crippen molar-refractivity contribution in [2.75, 3.05) is 5.88 Å². The molecule has 0 bridgehead atoms. The van der Waals surface area contributed by atoms with Gasteiger partial charge in [-0.2, -0.15) is 26.3 Å². The molecule has 1 rings (SSSR count). The van der Waals surface area contributed by atoms with Gasteiger partial charge in [0.1, 0.15) is 0 Å². The van der Waals surface area contributed by atoms with Crippen LogP contribution in [0.4, 0.5) is 26.3 Å². The van der Waals surface area contributed by atoms with E-state index in [4.69, 9.17) is 11.6 Å². The number of hydrogen-bond acceptors (Lipinski definition) is 1. The molecule has 1 nitrogen and oxygen atoms in total. The van der Waals surface area contributed by atoms with Crippen LogP contribution in [0.15, 0.2) is 18.2 Å². The lowest BCUT2D eigenvalue weighted by atomic mass is 9.97. The molecular weight excluding hydrogens is 322 g/mol. The molecule has 0 aliphatic carbocycles. The highest BCUT2D eigenvalue weighted by molar-refractivity contribution is 6.17. The molecule has 0 aliphatic rings. The molecule has 0 radical (unpaired) electrons. The topological polar surface area (TPSA) is 17.1 Å². The molecular formula is C13H11ClF6O. The number of Topliss-reactive ketones (excluding diaryl/α,β-unsaturated/α-hetero) is 1. The fourth-order valence-electron chi connectivity index (χ4n) is 1.71. The van der Waals surface area contributed by atoms with Crippen molar-refractivity contribution in [1.82, 2.24) is 0 Å². The van der Waals surface area contributed by atoms with E-state index in [0.29, 0.717) is 12.5 Å². The molecule has 0 unspecified atom stereocenters. The van der Waals surface area contributed by atoms with E-state index in [2.05, 4.69) is 0 Å². The van der Waals surface area contributed by atoms with Crippen LogP contribution in [0.2, 0.25) is 0 Å². The van der Waals surface area contributed by atoms with Gasteiger partial charge in [-0.1, -0.05) is 0 Å². The Bertz CT molecular complexity index is 506. The van der Waals surface area contributed by atoms with Gasteiger partial charge in [0.05, 0.1) is 11.1 Å². The predicted molar refractivity (Wildman–Crippen MR) is 65.3 cm³/mol. The predicted octanol–water partition coefficient (Wildman–Crippen LogP) is 5.32. The van der Waals surface area contributed by atoms with E-state index in [1.54, 1.807) is 0 Å². The summed E-state index contributed by atoms with van der Waals surface area (Å²) in [6.07, 6.45) is -9.36. The van der Waals surface area contributed by atoms with Gasteiger partial charge in [-0.15, -0.1) is 11.6 Å². The van der Waals surface area contributed by atoms with Crippen molar-refractivity contribution in [2.24, 2.45) is 0 Å². The minimum Gasteiger partial charge on any atom is -0.294 e. The number of halogens is 7. The summed E-state index contributed by atoms with van der Waals surface area (Å²) < 4.78 is 76.0. The Hall–Kier alpha value is -1.24. The maximum atomic E-state index is 12.8. The third kappa shape index (κ3) is 4.91. The highest BCUT2D eigenvalue weighted by atomic mass is 35.5. The van der Waals surface area contributed by atoms with Crippen molar-refractivity contribution < 1.29 is 31.1 Å². The van der Waals surface area contributed by atoms with Gasteiger partial charge < -0.3 is 0 Å². The van der Waals surface area contributed by atoms with Gasteiger partial charge >= 0.3 is 12.4 Å². The van der Waals surface area contributed by atoms with E-state index in [-0.39, 0.29) is 30.9 Å². The monoisotopic (exact) mass is 332 g/mol. The first-order chi connectivity index (χ1) is 9.57. The molecule has 118 valence electrons. The van der Waals surface area contributed by atoms with Gasteiger partial charge in [0, 0.05) is 17.9 Å². The smallest absolute Gasteiger partial charge is 0.294 e. The Balaban J connectivity index is 3.20. The third-order valence-electron chi connectivity index (χ3n) is 2.74. The van der Waals surface area contributed by atoms with E-state index in [1.807, 2.05) is 0 Å². The molecule has 0 aliphatic heterocycles. The highest BCUT2D eigenvalue weighted by Gasteiger charge is 2.38. The number of carbonyl (C=O) groups is 1. The van der Waals surface area contributed by atoms with Crippen LogP contribution < -0.4 is 0 Å². The summed E-state index contributed by atoms with van der Waals surface area (Å²) in [5.74, 6) is -0.749. The fourth-order valence-corrected chi connectivity index (χ4v) is 1.90. The van der Waals surface area contributed by atoms with Crippen molar-refractivity contribution in [2.45, 2.75) is 31.6 Å². The normalized spacial score (nSPS) is 12.5. The zero-order chi connectivity index (χ0) is 16.3. The van der Waals surface area contributed by atoms with Crippen LogP contribution in [0.25, 0.3) is 0 Å². The van der Waals surface area contributed by atoms with E-state index < -0.39 is 34.8 Å². The lowest BCUT2D eigenvalue weighted by Crippen LogP contribution is -2.16. The summed E-state index contributed by atoms with van der Waals surface area (Å²) in [7, 11) is 0. The molecule has 0 saturated heterocycles. The summed E-state index contributed by atoms with van der Waals surface area (Å²) in [6.45, 7) is 0. The van der Waals surface area contributed by atoms with Crippen LogP contribution >= 0.6 is 11.6 Å². The summed E-state index contributed by atoms with van der Waals surface area (Å²) in [6, 6.07) is 0.863. The Morgan fingerprint density at radius 3 is 2.10 bits per heavy atom. The molecule has 8 heteroatoms. The van der Waals surface area contributed by atoms with Crippen LogP contribution in [0.5, 0.6) is 0 Å². The Labute approximate surface area is 121 Å². The third-order valence-corrected chi connectivity index (χ3v) is 3.01. The van der Waals surface area contributed by atoms with E-state index in [9.17, 15) is 31.1 Å². The molecule has 1 aromatic carbocycles. The number of unbranched alkanes of at least 4 members (excludes halogenated alkanes) is 1. The first-order valence-electron chi connectivity index (χ1n) is 5.95. The van der Waals surface area contributed by atoms with Gasteiger partial charge in [0.25, 0.3) is 0 Å². The number of benzene rings is 1. The lowest BCUT2D eigenvalue weighted by molar-refractivity contribution is -0.141. The van der Waals surface area contributed by atoms with Crippen molar-refractivity contribution in [1.29, 1.82) is 0 Å². The largest absolute Gasteiger partial charge is 0.417 e. The Kier molecular flexibility index (Phi) is 5.67. The van der Waals surface area contributed by atoms with Crippen molar-refractivity contribution in [3.05, 3.63) is 34.9 Å². The van der Waals surface area contributed by atoms with Crippen LogP contribution in [0.1, 0.15) is 40.7 Å². The number of hydrogen-bond donors (Lipinski definition) is 0. The number of alkyl halides is 7. The summed E-state index contributed by atoms with van der Waals surface area (Å²) in [5, 5.41) is 0. The quantitative estimate of drug-likeness (QED) is 0.309. The van der Waals surface area contributed by atoms with Gasteiger partial charge in [0.2, 0.25) is 0 Å². The van der Waals surface area contributed by atoms with Crippen molar-refractivity contribution >= 4 is 17.4 Å². The molecule has 0 amide bonds. The molecule has 1 aromatic rings. The zero-order valence-corrected chi connectivity index (χ0v) is 11.4. The fraction of sp³-hybridized carbons (Fsp3) is 0.462. The van der Waals surface area contributed by atoms with Gasteiger partial charge in [-0.3, -0.25) is 4.79 Å². The molecule has 21 heavy (non-hydrogen) atoms. The number of ketones is 1. The van der Waals surface area contributed by atoms with E-state index in [1.165, 1.54) is 0 Å². The zero-order valence-electron chi connectivity index (χ0n) is 10.6. The SMILES string of the molecule is O=C(CCCCCl)c1cc(C(F)(F)F)ccc1C(F)(F)F. The van der Waals surface area contributed by atoms with Gasteiger partial charge in [-0.25, -0.2) is 0 Å². The minimum absolute atomic E-state index is 0.218. The van der Waals surface area contributed by atoms with Gasteiger partial charge in [-0.05, 0) is 31.0 Å². The van der Waals surface area contributed by atoms with Crippen molar-refractivity contribution in [3.8, 4) is 0 Å². The number of carbonyl (C=O) groups excluding carboxylic acids is 1. The lowest BCUT2D eigenvalue weighted by Gasteiger charge is -2.15. The molecule has 0 heterocycles. The van der Waals surface area contributed by atoms with Crippen LogP contribution in [-0.2, 0) is 12.4 Å². The second-order valence-electron chi connectivity index (χ2n) is 4.33. The Morgan fingerprint density at radius 1 is 1.00 bits per heavy atom. The van der Waals surface area contributed by atoms with Crippen LogP contribution in [0.3, 0.4) is 0 Å². The molecule has 0 atom stereocenters. The molecule has 0 N–H and O–H groups in total. The maximum Gasteiger partial charge on any atom is 0.417 e. The average molecular weight is 333 g/mol. The minimum atomic E-state index is -4.89. The summed E-state index contributed by atoms with van der Waals surface area (Å²) >= 11 is 5.38. The summed E-state index contributed by atoms with van der Waals surface area (Å²) in [4.78, 5) is 11.8. The van der Waals surface area contributed by atoms with E-state index in [0.717, 1.165) is 0 Å². The molecule has 0 fully saturated rings.